The molecule has 3 N–H and O–H groups in total. The van der Waals surface area contributed by atoms with Crippen molar-refractivity contribution in [3.8, 4) is 0 Å². The molecule has 1 saturated heterocycles. The van der Waals surface area contributed by atoms with Crippen LogP contribution in [0.1, 0.15) is 44.9 Å². The Hall–Kier alpha value is -1.89. The SMILES string of the molecule is NC(=NCCCN1CCN(c2ncccn2)CC1)NC1CCCCCC1. The first kappa shape index (κ1) is 18.9. The number of aromatic nitrogens is 2. The van der Waals surface area contributed by atoms with E-state index in [-0.39, 0.29) is 0 Å². The summed E-state index contributed by atoms with van der Waals surface area (Å²) >= 11 is 0. The second-order valence-corrected chi connectivity index (χ2v) is 7.33. The van der Waals surface area contributed by atoms with Gasteiger partial charge in [0.2, 0.25) is 5.95 Å². The monoisotopic (exact) mass is 359 g/mol. The van der Waals surface area contributed by atoms with Gasteiger partial charge in [-0.2, -0.15) is 0 Å². The average molecular weight is 360 g/mol. The molecule has 1 aromatic heterocycles. The Balaban J connectivity index is 1.30. The lowest BCUT2D eigenvalue weighted by molar-refractivity contribution is 0.255. The molecule has 1 aliphatic heterocycles. The van der Waals surface area contributed by atoms with Crippen molar-refractivity contribution in [1.82, 2.24) is 20.2 Å². The van der Waals surface area contributed by atoms with Gasteiger partial charge in [0.15, 0.2) is 5.96 Å². The molecule has 7 nitrogen and oxygen atoms in total. The van der Waals surface area contributed by atoms with Crippen molar-refractivity contribution in [2.75, 3.05) is 44.2 Å². The molecule has 7 heteroatoms. The van der Waals surface area contributed by atoms with E-state index in [9.17, 15) is 0 Å². The van der Waals surface area contributed by atoms with Crippen LogP contribution in [0.4, 0.5) is 5.95 Å². The van der Waals surface area contributed by atoms with Gasteiger partial charge in [-0.15, -0.1) is 0 Å². The number of nitrogens with zero attached hydrogens (tertiary/aromatic N) is 5. The summed E-state index contributed by atoms with van der Waals surface area (Å²) in [6.45, 7) is 5.95. The normalized spacial score (nSPS) is 20.8. The Kier molecular flexibility index (Phi) is 7.49. The van der Waals surface area contributed by atoms with Crippen molar-refractivity contribution in [2.45, 2.75) is 51.0 Å². The number of anilines is 1. The van der Waals surface area contributed by atoms with E-state index in [1.807, 2.05) is 6.07 Å². The molecular formula is C19H33N7. The Morgan fingerprint density at radius 3 is 2.46 bits per heavy atom. The highest BCUT2D eigenvalue weighted by Gasteiger charge is 2.18. The summed E-state index contributed by atoms with van der Waals surface area (Å²) in [5, 5.41) is 3.41. The average Bonchev–Trinajstić information content (AvgIpc) is 2.95. The van der Waals surface area contributed by atoms with Gasteiger partial charge in [0, 0.05) is 57.7 Å². The standard InChI is InChI=1S/C19H33N7/c20-18(24-17-7-3-1-2-4-8-17)21-11-6-12-25-13-15-26(16-14-25)19-22-9-5-10-23-19/h5,9-10,17H,1-4,6-8,11-16H2,(H3,20,21,24). The third kappa shape index (κ3) is 6.12. The molecule has 144 valence electrons. The fourth-order valence-electron chi connectivity index (χ4n) is 3.80. The van der Waals surface area contributed by atoms with E-state index in [0.29, 0.717) is 12.0 Å². The Morgan fingerprint density at radius 2 is 1.77 bits per heavy atom. The first-order valence-electron chi connectivity index (χ1n) is 10.1. The summed E-state index contributed by atoms with van der Waals surface area (Å²) in [5.41, 5.74) is 6.06. The molecule has 0 amide bonds. The third-order valence-corrected chi connectivity index (χ3v) is 5.33. The molecule has 1 aromatic rings. The zero-order chi connectivity index (χ0) is 18.0. The third-order valence-electron chi connectivity index (χ3n) is 5.33. The highest BCUT2D eigenvalue weighted by atomic mass is 15.3. The molecule has 2 aliphatic rings. The van der Waals surface area contributed by atoms with Gasteiger partial charge < -0.3 is 16.0 Å². The molecule has 0 bridgehead atoms. The summed E-state index contributed by atoms with van der Waals surface area (Å²) in [7, 11) is 0. The zero-order valence-electron chi connectivity index (χ0n) is 15.8. The number of hydrogen-bond acceptors (Lipinski definition) is 5. The summed E-state index contributed by atoms with van der Waals surface area (Å²) in [4.78, 5) is 17.9. The van der Waals surface area contributed by atoms with E-state index >= 15 is 0 Å². The van der Waals surface area contributed by atoms with Crippen LogP contribution < -0.4 is 16.0 Å². The van der Waals surface area contributed by atoms with E-state index in [0.717, 1.165) is 51.6 Å². The van der Waals surface area contributed by atoms with Gasteiger partial charge in [0.1, 0.15) is 0 Å². The van der Waals surface area contributed by atoms with Crippen LogP contribution in [-0.2, 0) is 0 Å². The van der Waals surface area contributed by atoms with Crippen molar-refractivity contribution in [3.05, 3.63) is 18.5 Å². The minimum atomic E-state index is 0.523. The van der Waals surface area contributed by atoms with Crippen LogP contribution in [0.3, 0.4) is 0 Å². The lowest BCUT2D eigenvalue weighted by Crippen LogP contribution is -2.47. The number of nitrogens with one attached hydrogen (secondary N) is 1. The van der Waals surface area contributed by atoms with E-state index in [1.54, 1.807) is 12.4 Å². The molecule has 2 heterocycles. The van der Waals surface area contributed by atoms with Gasteiger partial charge in [-0.05, 0) is 25.3 Å². The molecule has 26 heavy (non-hydrogen) atoms. The molecule has 0 aromatic carbocycles. The van der Waals surface area contributed by atoms with Gasteiger partial charge in [0.05, 0.1) is 0 Å². The summed E-state index contributed by atoms with van der Waals surface area (Å²) in [6.07, 6.45) is 12.5. The van der Waals surface area contributed by atoms with Crippen molar-refractivity contribution in [1.29, 1.82) is 0 Å². The number of guanidine groups is 1. The number of aliphatic imine (C=N–C) groups is 1. The lowest BCUT2D eigenvalue weighted by atomic mass is 10.1. The summed E-state index contributed by atoms with van der Waals surface area (Å²) < 4.78 is 0. The quantitative estimate of drug-likeness (QED) is 0.348. The second kappa shape index (κ2) is 10.3. The lowest BCUT2D eigenvalue weighted by Gasteiger charge is -2.34. The zero-order valence-corrected chi connectivity index (χ0v) is 15.8. The van der Waals surface area contributed by atoms with Gasteiger partial charge in [-0.1, -0.05) is 25.7 Å². The number of hydrogen-bond donors (Lipinski definition) is 2. The Labute approximate surface area is 157 Å². The topological polar surface area (TPSA) is 82.7 Å². The smallest absolute Gasteiger partial charge is 0.225 e. The number of piperazine rings is 1. The number of rotatable bonds is 6. The van der Waals surface area contributed by atoms with Crippen LogP contribution in [0, 0.1) is 0 Å². The van der Waals surface area contributed by atoms with Crippen LogP contribution in [0.2, 0.25) is 0 Å². The molecular weight excluding hydrogens is 326 g/mol. The van der Waals surface area contributed by atoms with E-state index in [2.05, 4.69) is 30.1 Å². The maximum atomic E-state index is 6.06. The molecule has 0 spiro atoms. The molecule has 0 unspecified atom stereocenters. The second-order valence-electron chi connectivity index (χ2n) is 7.33. The predicted molar refractivity (Wildman–Crippen MR) is 106 cm³/mol. The minimum absolute atomic E-state index is 0.523. The fraction of sp³-hybridized carbons (Fsp3) is 0.737. The first-order valence-corrected chi connectivity index (χ1v) is 10.1. The predicted octanol–water partition coefficient (Wildman–Crippen LogP) is 1.62. The molecule has 0 atom stereocenters. The van der Waals surface area contributed by atoms with Gasteiger partial charge in [-0.25, -0.2) is 9.97 Å². The fourth-order valence-corrected chi connectivity index (χ4v) is 3.80. The summed E-state index contributed by atoms with van der Waals surface area (Å²) in [5.74, 6) is 1.47. The maximum Gasteiger partial charge on any atom is 0.225 e. The Bertz CT molecular complexity index is 532. The van der Waals surface area contributed by atoms with Gasteiger partial charge in [-0.3, -0.25) is 9.89 Å². The van der Waals surface area contributed by atoms with Crippen LogP contribution in [0.5, 0.6) is 0 Å². The molecule has 2 fully saturated rings. The van der Waals surface area contributed by atoms with E-state index < -0.39 is 0 Å². The molecule has 1 aliphatic carbocycles. The van der Waals surface area contributed by atoms with Crippen LogP contribution in [0.15, 0.2) is 23.5 Å². The van der Waals surface area contributed by atoms with Crippen LogP contribution >= 0.6 is 0 Å². The van der Waals surface area contributed by atoms with E-state index in [1.165, 1.54) is 38.5 Å². The largest absolute Gasteiger partial charge is 0.370 e. The Morgan fingerprint density at radius 1 is 1.08 bits per heavy atom. The molecule has 1 saturated carbocycles. The number of nitrogens with two attached hydrogens (primary N) is 1. The molecule has 0 radical (unpaired) electrons. The van der Waals surface area contributed by atoms with Crippen molar-refractivity contribution in [3.63, 3.8) is 0 Å². The highest BCUT2D eigenvalue weighted by molar-refractivity contribution is 5.78. The van der Waals surface area contributed by atoms with Gasteiger partial charge >= 0.3 is 0 Å². The van der Waals surface area contributed by atoms with Crippen molar-refractivity contribution in [2.24, 2.45) is 10.7 Å². The molecule has 3 rings (SSSR count). The first-order chi connectivity index (χ1) is 12.8. The summed E-state index contributed by atoms with van der Waals surface area (Å²) in [6, 6.07) is 2.38. The van der Waals surface area contributed by atoms with Crippen LogP contribution in [0.25, 0.3) is 0 Å². The van der Waals surface area contributed by atoms with Gasteiger partial charge in [0.25, 0.3) is 0 Å². The van der Waals surface area contributed by atoms with E-state index in [4.69, 9.17) is 5.73 Å². The maximum absolute atomic E-state index is 6.06. The van der Waals surface area contributed by atoms with Crippen molar-refractivity contribution < 1.29 is 0 Å². The highest BCUT2D eigenvalue weighted by Crippen LogP contribution is 2.17. The minimum Gasteiger partial charge on any atom is -0.370 e. The van der Waals surface area contributed by atoms with Crippen molar-refractivity contribution >= 4 is 11.9 Å². The van der Waals surface area contributed by atoms with Crippen LogP contribution in [-0.4, -0.2) is 66.1 Å².